The predicted octanol–water partition coefficient (Wildman–Crippen LogP) is 3.78. The van der Waals surface area contributed by atoms with Crippen LogP contribution in [0.3, 0.4) is 0 Å². The van der Waals surface area contributed by atoms with Gasteiger partial charge in [-0.3, -0.25) is 15.0 Å². The highest BCUT2D eigenvalue weighted by Crippen LogP contribution is 2.31. The number of halogens is 1. The van der Waals surface area contributed by atoms with Gasteiger partial charge in [-0.1, -0.05) is 39.8 Å². The summed E-state index contributed by atoms with van der Waals surface area (Å²) in [5.74, 6) is -1.29. The minimum Gasteiger partial charge on any atom is -0.465 e. The van der Waals surface area contributed by atoms with E-state index >= 15 is 0 Å². The van der Waals surface area contributed by atoms with Crippen molar-refractivity contribution in [1.82, 2.24) is 10.4 Å². The van der Waals surface area contributed by atoms with Crippen LogP contribution in [-0.2, 0) is 9.53 Å². The molecular formula is C19H13BrN2O4S2. The Labute approximate surface area is 179 Å². The third-order valence-corrected chi connectivity index (χ3v) is 5.57. The van der Waals surface area contributed by atoms with Gasteiger partial charge < -0.3 is 4.74 Å². The first-order chi connectivity index (χ1) is 13.4. The van der Waals surface area contributed by atoms with E-state index in [0.29, 0.717) is 21.6 Å². The summed E-state index contributed by atoms with van der Waals surface area (Å²) in [5, 5.41) is 1.05. The molecule has 0 saturated carbocycles. The van der Waals surface area contributed by atoms with Crippen molar-refractivity contribution < 1.29 is 19.1 Å². The molecule has 9 heteroatoms. The lowest BCUT2D eigenvalue weighted by Crippen LogP contribution is -2.44. The van der Waals surface area contributed by atoms with Crippen LogP contribution in [0.25, 0.3) is 6.08 Å². The van der Waals surface area contributed by atoms with Crippen molar-refractivity contribution in [3.8, 4) is 0 Å². The molecule has 28 heavy (non-hydrogen) atoms. The number of methoxy groups -OCH3 is 1. The van der Waals surface area contributed by atoms with Crippen LogP contribution in [0.1, 0.15) is 26.3 Å². The molecule has 0 atom stereocenters. The van der Waals surface area contributed by atoms with Gasteiger partial charge in [-0.15, -0.1) is 0 Å². The summed E-state index contributed by atoms with van der Waals surface area (Å²) >= 11 is 9.60. The molecule has 2 amide bonds. The molecular weight excluding hydrogens is 464 g/mol. The van der Waals surface area contributed by atoms with Crippen LogP contribution >= 0.6 is 39.9 Å². The second-order valence-electron chi connectivity index (χ2n) is 5.58. The largest absolute Gasteiger partial charge is 0.465 e. The number of carbonyl (C=O) groups is 3. The Morgan fingerprint density at radius 2 is 1.71 bits per heavy atom. The SMILES string of the molecule is COC(=O)c1ccc(C=C2SC(=S)N(NC(=O)c3ccc(Br)cc3)C2=O)cc1. The summed E-state index contributed by atoms with van der Waals surface area (Å²) in [6.07, 6.45) is 1.64. The molecule has 2 aromatic carbocycles. The first-order valence-electron chi connectivity index (χ1n) is 7.92. The van der Waals surface area contributed by atoms with Crippen molar-refractivity contribution in [1.29, 1.82) is 0 Å². The number of benzene rings is 2. The van der Waals surface area contributed by atoms with E-state index in [4.69, 9.17) is 12.2 Å². The highest BCUT2D eigenvalue weighted by molar-refractivity contribution is 9.10. The number of nitrogens with one attached hydrogen (secondary N) is 1. The lowest BCUT2D eigenvalue weighted by molar-refractivity contribution is -0.123. The van der Waals surface area contributed by atoms with Gasteiger partial charge in [-0.2, -0.15) is 5.01 Å². The predicted molar refractivity (Wildman–Crippen MR) is 114 cm³/mol. The molecule has 1 heterocycles. The second kappa shape index (κ2) is 8.68. The Bertz CT molecular complexity index is 988. The van der Waals surface area contributed by atoms with Gasteiger partial charge in [0, 0.05) is 10.0 Å². The zero-order chi connectivity index (χ0) is 20.3. The maximum Gasteiger partial charge on any atom is 0.337 e. The smallest absolute Gasteiger partial charge is 0.337 e. The maximum absolute atomic E-state index is 12.6. The highest BCUT2D eigenvalue weighted by Gasteiger charge is 2.33. The fraction of sp³-hybridized carbons (Fsp3) is 0.0526. The quantitative estimate of drug-likeness (QED) is 0.411. The van der Waals surface area contributed by atoms with Gasteiger partial charge in [0.2, 0.25) is 0 Å². The van der Waals surface area contributed by atoms with Crippen molar-refractivity contribution in [3.63, 3.8) is 0 Å². The van der Waals surface area contributed by atoms with Gasteiger partial charge in [0.15, 0.2) is 4.32 Å². The molecule has 1 aliphatic rings. The fourth-order valence-corrected chi connectivity index (χ4v) is 3.76. The number of ether oxygens (including phenoxy) is 1. The van der Waals surface area contributed by atoms with Crippen LogP contribution in [0.15, 0.2) is 57.9 Å². The summed E-state index contributed by atoms with van der Waals surface area (Å²) in [6, 6.07) is 13.3. The average Bonchev–Trinajstić information content (AvgIpc) is 2.95. The maximum atomic E-state index is 12.6. The topological polar surface area (TPSA) is 75.7 Å². The van der Waals surface area contributed by atoms with Crippen molar-refractivity contribution in [2.45, 2.75) is 0 Å². The van der Waals surface area contributed by atoms with E-state index in [0.717, 1.165) is 21.2 Å². The van der Waals surface area contributed by atoms with Crippen molar-refractivity contribution in [2.75, 3.05) is 7.11 Å². The first-order valence-corrected chi connectivity index (χ1v) is 9.93. The van der Waals surface area contributed by atoms with Crippen LogP contribution in [0.5, 0.6) is 0 Å². The Balaban J connectivity index is 1.74. The normalized spacial score (nSPS) is 15.1. The number of rotatable bonds is 4. The summed E-state index contributed by atoms with van der Waals surface area (Å²) in [6.45, 7) is 0. The number of carbonyl (C=O) groups excluding carboxylic acids is 3. The number of amides is 2. The number of hydrogen-bond donors (Lipinski definition) is 1. The Hall–Kier alpha value is -2.49. The minimum absolute atomic E-state index is 0.230. The fourth-order valence-electron chi connectivity index (χ4n) is 2.32. The van der Waals surface area contributed by atoms with Gasteiger partial charge >= 0.3 is 5.97 Å². The number of esters is 1. The van der Waals surface area contributed by atoms with Crippen molar-refractivity contribution >= 4 is 68.1 Å². The number of hydrazine groups is 1. The van der Waals surface area contributed by atoms with Crippen molar-refractivity contribution in [2.24, 2.45) is 0 Å². The zero-order valence-corrected chi connectivity index (χ0v) is 17.7. The van der Waals surface area contributed by atoms with E-state index in [2.05, 4.69) is 26.1 Å². The molecule has 1 saturated heterocycles. The van der Waals surface area contributed by atoms with Crippen LogP contribution < -0.4 is 5.43 Å². The van der Waals surface area contributed by atoms with E-state index in [1.165, 1.54) is 7.11 Å². The van der Waals surface area contributed by atoms with Gasteiger partial charge in [-0.05, 0) is 60.3 Å². The molecule has 3 rings (SSSR count). The molecule has 2 aromatic rings. The number of thiocarbonyl (C=S) groups is 1. The molecule has 6 nitrogen and oxygen atoms in total. The first kappa shape index (κ1) is 20.2. The highest BCUT2D eigenvalue weighted by atomic mass is 79.9. The molecule has 1 N–H and O–H groups in total. The van der Waals surface area contributed by atoms with E-state index < -0.39 is 17.8 Å². The molecule has 142 valence electrons. The van der Waals surface area contributed by atoms with Gasteiger partial charge in [0.05, 0.1) is 17.6 Å². The lowest BCUT2D eigenvalue weighted by atomic mass is 10.1. The van der Waals surface area contributed by atoms with E-state index in [-0.39, 0.29) is 4.32 Å². The lowest BCUT2D eigenvalue weighted by Gasteiger charge is -2.15. The summed E-state index contributed by atoms with van der Waals surface area (Å²) in [5.41, 5.74) is 4.06. The van der Waals surface area contributed by atoms with E-state index in [9.17, 15) is 14.4 Å². The minimum atomic E-state index is -0.438. The second-order valence-corrected chi connectivity index (χ2v) is 8.17. The molecule has 0 aliphatic carbocycles. The third-order valence-electron chi connectivity index (χ3n) is 3.74. The Morgan fingerprint density at radius 3 is 2.32 bits per heavy atom. The van der Waals surface area contributed by atoms with Crippen LogP contribution in [0.2, 0.25) is 0 Å². The number of hydrogen-bond acceptors (Lipinski definition) is 6. The molecule has 0 radical (unpaired) electrons. The van der Waals surface area contributed by atoms with Crippen LogP contribution in [0, 0.1) is 0 Å². The molecule has 0 bridgehead atoms. The van der Waals surface area contributed by atoms with Gasteiger partial charge in [-0.25, -0.2) is 4.79 Å². The zero-order valence-electron chi connectivity index (χ0n) is 14.5. The Kier molecular flexibility index (Phi) is 6.28. The van der Waals surface area contributed by atoms with Crippen LogP contribution in [-0.4, -0.2) is 34.2 Å². The van der Waals surface area contributed by atoms with E-state index in [1.54, 1.807) is 54.6 Å². The summed E-state index contributed by atoms with van der Waals surface area (Å²) < 4.78 is 5.73. The summed E-state index contributed by atoms with van der Waals surface area (Å²) in [4.78, 5) is 36.8. The van der Waals surface area contributed by atoms with Crippen LogP contribution in [0.4, 0.5) is 0 Å². The Morgan fingerprint density at radius 1 is 1.11 bits per heavy atom. The van der Waals surface area contributed by atoms with E-state index in [1.807, 2.05) is 0 Å². The molecule has 1 aliphatic heterocycles. The third kappa shape index (κ3) is 4.49. The summed E-state index contributed by atoms with van der Waals surface area (Å²) in [7, 11) is 1.31. The molecule has 0 aromatic heterocycles. The van der Waals surface area contributed by atoms with Gasteiger partial charge in [0.25, 0.3) is 11.8 Å². The standard InChI is InChI=1S/C19H13BrN2O4S2/c1-26-18(25)13-4-2-11(3-5-13)10-15-17(24)22(19(27)28-15)21-16(23)12-6-8-14(20)9-7-12/h2-10H,1H3,(H,21,23). The molecule has 0 spiro atoms. The van der Waals surface area contributed by atoms with Gasteiger partial charge in [0.1, 0.15) is 0 Å². The number of nitrogens with zero attached hydrogens (tertiary/aromatic N) is 1. The average molecular weight is 477 g/mol. The van der Waals surface area contributed by atoms with Crippen molar-refractivity contribution in [3.05, 3.63) is 74.6 Å². The molecule has 0 unspecified atom stereocenters. The molecule has 1 fully saturated rings. The monoisotopic (exact) mass is 476 g/mol. The number of thioether (sulfide) groups is 1.